The first-order chi connectivity index (χ1) is 20.1. The van der Waals surface area contributed by atoms with Crippen LogP contribution >= 0.6 is 0 Å². The van der Waals surface area contributed by atoms with Crippen LogP contribution in [0.5, 0.6) is 0 Å². The lowest BCUT2D eigenvalue weighted by molar-refractivity contribution is -0.143. The second-order valence-corrected chi connectivity index (χ2v) is 12.1. The third-order valence-corrected chi connectivity index (χ3v) is 8.54. The quantitative estimate of drug-likeness (QED) is 0.159. The molecule has 0 saturated carbocycles. The van der Waals surface area contributed by atoms with E-state index in [1.807, 2.05) is 37.3 Å². The Balaban J connectivity index is 1.46. The van der Waals surface area contributed by atoms with E-state index < -0.39 is 22.0 Å². The first-order valence-corrected chi connectivity index (χ1v) is 15.2. The van der Waals surface area contributed by atoms with E-state index in [4.69, 9.17) is 13.9 Å². The Morgan fingerprint density at radius 2 is 1.57 bits per heavy atom. The Kier molecular flexibility index (Phi) is 9.82. The maximum atomic E-state index is 13.1. The Morgan fingerprint density at radius 1 is 0.929 bits per heavy atom. The van der Waals surface area contributed by atoms with Gasteiger partial charge in [-0.05, 0) is 72.7 Å². The van der Waals surface area contributed by atoms with E-state index in [2.05, 4.69) is 10.0 Å². The molecule has 10 heteroatoms. The van der Waals surface area contributed by atoms with Gasteiger partial charge in [-0.2, -0.15) is 4.72 Å². The number of benzene rings is 3. The van der Waals surface area contributed by atoms with Crippen LogP contribution in [0.1, 0.15) is 41.9 Å². The molecule has 1 heterocycles. The van der Waals surface area contributed by atoms with Crippen molar-refractivity contribution in [1.29, 1.82) is 0 Å². The number of esters is 1. The Bertz CT molecular complexity index is 1660. The Morgan fingerprint density at radius 3 is 2.17 bits per heavy atom. The molecule has 0 aliphatic carbocycles. The van der Waals surface area contributed by atoms with Crippen LogP contribution in [0.15, 0.2) is 76.0 Å². The van der Waals surface area contributed by atoms with E-state index in [-0.39, 0.29) is 22.5 Å². The van der Waals surface area contributed by atoms with Crippen molar-refractivity contribution in [1.82, 2.24) is 4.72 Å². The number of amides is 1. The molecule has 2 N–H and O–H groups in total. The Labute approximate surface area is 246 Å². The van der Waals surface area contributed by atoms with Gasteiger partial charge in [0.15, 0.2) is 5.76 Å². The lowest BCUT2D eigenvalue weighted by atomic mass is 10.0. The van der Waals surface area contributed by atoms with Gasteiger partial charge in [0.1, 0.15) is 11.6 Å². The minimum atomic E-state index is -3.94. The number of carbonyl (C=O) groups is 2. The van der Waals surface area contributed by atoms with Gasteiger partial charge >= 0.3 is 5.97 Å². The number of ether oxygens (including phenoxy) is 2. The van der Waals surface area contributed by atoms with E-state index >= 15 is 0 Å². The minimum absolute atomic E-state index is 0.0349. The highest BCUT2D eigenvalue weighted by molar-refractivity contribution is 7.89. The molecule has 1 unspecified atom stereocenters. The van der Waals surface area contributed by atoms with Crippen LogP contribution in [0.4, 0.5) is 5.69 Å². The van der Waals surface area contributed by atoms with Crippen LogP contribution in [-0.4, -0.2) is 47.2 Å². The second-order valence-electron chi connectivity index (χ2n) is 10.4. The van der Waals surface area contributed by atoms with Crippen molar-refractivity contribution in [3.05, 3.63) is 83.6 Å². The zero-order chi connectivity index (χ0) is 30.4. The molecule has 0 aliphatic rings. The lowest BCUT2D eigenvalue weighted by Crippen LogP contribution is -2.44. The van der Waals surface area contributed by atoms with Crippen LogP contribution in [0.3, 0.4) is 0 Å². The highest BCUT2D eigenvalue weighted by Gasteiger charge is 2.29. The zero-order valence-corrected chi connectivity index (χ0v) is 25.2. The molecular formula is C32H36N2O7S. The molecule has 9 nitrogen and oxygen atoms in total. The number of fused-ring (bicyclic) bond motifs is 1. The number of anilines is 1. The summed E-state index contributed by atoms with van der Waals surface area (Å²) in [7, 11) is -1.04. The maximum absolute atomic E-state index is 13.1. The molecule has 0 fully saturated rings. The molecule has 0 radical (unpaired) electrons. The highest BCUT2D eigenvalue weighted by Crippen LogP contribution is 2.30. The van der Waals surface area contributed by atoms with Gasteiger partial charge in [-0.25, -0.2) is 8.42 Å². The Hall–Kier alpha value is -3.99. The summed E-state index contributed by atoms with van der Waals surface area (Å²) >= 11 is 0. The number of carbonyl (C=O) groups excluding carboxylic acids is 2. The monoisotopic (exact) mass is 592 g/mol. The average molecular weight is 593 g/mol. The molecular weight excluding hydrogens is 556 g/mol. The zero-order valence-electron chi connectivity index (χ0n) is 24.4. The fraction of sp³-hybridized carbons (Fsp3) is 0.312. The summed E-state index contributed by atoms with van der Waals surface area (Å²) in [4.78, 5) is 25.2. The van der Waals surface area contributed by atoms with E-state index in [0.29, 0.717) is 17.9 Å². The topological polar surface area (TPSA) is 124 Å². The molecule has 3 aromatic carbocycles. The average Bonchev–Trinajstić information content (AvgIpc) is 3.33. The van der Waals surface area contributed by atoms with E-state index in [1.165, 1.54) is 19.2 Å². The molecule has 1 amide bonds. The number of rotatable bonds is 12. The molecule has 4 rings (SSSR count). The van der Waals surface area contributed by atoms with Gasteiger partial charge in [0.05, 0.1) is 12.0 Å². The minimum Gasteiger partial charge on any atom is -0.468 e. The van der Waals surface area contributed by atoms with Crippen LogP contribution in [0.25, 0.3) is 22.1 Å². The van der Waals surface area contributed by atoms with E-state index in [9.17, 15) is 18.0 Å². The van der Waals surface area contributed by atoms with Crippen LogP contribution < -0.4 is 10.0 Å². The molecule has 0 aliphatic heterocycles. The standard InChI is InChI=1S/C32H36N2O7S/c1-20(2)29(32(36)40-5)34-42(37,38)26-17-13-23(14-18-26)22-11-15-25(16-12-22)33-31(35)30-21(3)28-24(9-7-19-39-4)8-6-10-27(28)41-30/h6,8,10-18,20,29,34H,7,9,19H2,1-5H3,(H,33,35). The summed E-state index contributed by atoms with van der Waals surface area (Å²) < 4.78 is 44.0. The number of nitrogens with one attached hydrogen (secondary N) is 2. The van der Waals surface area contributed by atoms with Crippen LogP contribution in [0.2, 0.25) is 0 Å². The van der Waals surface area contributed by atoms with Gasteiger partial charge in [0.2, 0.25) is 10.0 Å². The number of furan rings is 1. The summed E-state index contributed by atoms with van der Waals surface area (Å²) in [6.45, 7) is 6.02. The fourth-order valence-electron chi connectivity index (χ4n) is 4.80. The van der Waals surface area contributed by atoms with E-state index in [0.717, 1.165) is 40.5 Å². The van der Waals surface area contributed by atoms with Gasteiger partial charge in [0, 0.05) is 30.4 Å². The van der Waals surface area contributed by atoms with Gasteiger partial charge in [0.25, 0.3) is 5.91 Å². The first kappa shape index (κ1) is 31.0. The summed E-state index contributed by atoms with van der Waals surface area (Å²) in [5, 5.41) is 3.86. The second kappa shape index (κ2) is 13.3. The van der Waals surface area contributed by atoms with Crippen molar-refractivity contribution in [2.24, 2.45) is 5.92 Å². The predicted octanol–water partition coefficient (Wildman–Crippen LogP) is 5.72. The number of hydrogen-bond acceptors (Lipinski definition) is 7. The van der Waals surface area contributed by atoms with E-state index in [1.54, 1.807) is 45.2 Å². The van der Waals surface area contributed by atoms with Crippen molar-refractivity contribution in [2.75, 3.05) is 26.1 Å². The van der Waals surface area contributed by atoms with Crippen molar-refractivity contribution < 1.29 is 31.9 Å². The third kappa shape index (κ3) is 6.89. The molecule has 1 atom stereocenters. The predicted molar refractivity (Wildman–Crippen MR) is 162 cm³/mol. The number of hydrogen-bond donors (Lipinski definition) is 2. The third-order valence-electron chi connectivity index (χ3n) is 7.09. The number of methoxy groups -OCH3 is 2. The summed E-state index contributed by atoms with van der Waals surface area (Å²) in [5.74, 6) is -1.00. The molecule has 4 aromatic rings. The van der Waals surface area contributed by atoms with Gasteiger partial charge in [-0.1, -0.05) is 50.2 Å². The summed E-state index contributed by atoms with van der Waals surface area (Å²) in [6, 6.07) is 18.4. The van der Waals surface area contributed by atoms with Gasteiger partial charge in [-0.15, -0.1) is 0 Å². The van der Waals surface area contributed by atoms with Crippen molar-refractivity contribution in [3.63, 3.8) is 0 Å². The molecule has 1 aromatic heterocycles. The molecule has 0 spiro atoms. The molecule has 222 valence electrons. The van der Waals surface area contributed by atoms with Gasteiger partial charge < -0.3 is 19.2 Å². The van der Waals surface area contributed by atoms with Crippen LogP contribution in [0, 0.1) is 12.8 Å². The SMILES string of the molecule is COCCCc1cccc2oc(C(=O)Nc3ccc(-c4ccc(S(=O)(=O)NC(C(=O)OC)C(C)C)cc4)cc3)c(C)c12. The number of sulfonamides is 1. The summed E-state index contributed by atoms with van der Waals surface area (Å²) in [5.41, 5.74) is 4.80. The normalized spacial score (nSPS) is 12.4. The van der Waals surface area contributed by atoms with Crippen molar-refractivity contribution in [3.8, 4) is 11.1 Å². The largest absolute Gasteiger partial charge is 0.468 e. The van der Waals surface area contributed by atoms with Crippen molar-refractivity contribution in [2.45, 2.75) is 44.6 Å². The molecule has 0 saturated heterocycles. The first-order valence-electron chi connectivity index (χ1n) is 13.7. The maximum Gasteiger partial charge on any atom is 0.324 e. The van der Waals surface area contributed by atoms with Crippen LogP contribution in [-0.2, 0) is 30.7 Å². The van der Waals surface area contributed by atoms with Gasteiger partial charge in [-0.3, -0.25) is 9.59 Å². The smallest absolute Gasteiger partial charge is 0.324 e. The highest BCUT2D eigenvalue weighted by atomic mass is 32.2. The number of aryl methyl sites for hydroxylation is 2. The summed E-state index contributed by atoms with van der Waals surface area (Å²) in [6.07, 6.45) is 1.70. The fourth-order valence-corrected chi connectivity index (χ4v) is 6.13. The molecule has 42 heavy (non-hydrogen) atoms. The molecule has 0 bridgehead atoms. The lowest BCUT2D eigenvalue weighted by Gasteiger charge is -2.19. The van der Waals surface area contributed by atoms with Crippen molar-refractivity contribution >= 4 is 38.6 Å².